The fraction of sp³-hybridized carbons (Fsp3) is 0.321. The third-order valence-electron chi connectivity index (χ3n) is 6.65. The summed E-state index contributed by atoms with van der Waals surface area (Å²) in [4.78, 5) is 33.5. The van der Waals surface area contributed by atoms with Crippen molar-refractivity contribution in [3.8, 4) is 17.0 Å². The van der Waals surface area contributed by atoms with Crippen molar-refractivity contribution < 1.29 is 32.6 Å². The summed E-state index contributed by atoms with van der Waals surface area (Å²) in [6.07, 6.45) is 0.804. The zero-order valence-corrected chi connectivity index (χ0v) is 21.7. The minimum atomic E-state index is -0.784. The number of nitrogens with zero attached hydrogens (tertiary/aromatic N) is 3. The van der Waals surface area contributed by atoms with Crippen LogP contribution >= 0.6 is 0 Å². The molecule has 0 saturated heterocycles. The van der Waals surface area contributed by atoms with Crippen LogP contribution in [-0.4, -0.2) is 70.7 Å². The molecule has 8 nitrogen and oxygen atoms in total. The standard InChI is InChI=1S/C28H29F3N4O4/c1-16-13-35(17(2)15-36)27(37)22-10-19(18-5-4-6-20(29)9-18)12-32-26(22)39-25(16)14-34(3)28(38)33-24-11-21(30)7-8-23(24)31/h4-12,16-17,25,36H,13-15H2,1-3H3,(H,33,38)/t16-,17-,25-/m1/s1. The molecule has 0 fully saturated rings. The minimum Gasteiger partial charge on any atom is -0.472 e. The monoisotopic (exact) mass is 542 g/mol. The van der Waals surface area contributed by atoms with Crippen molar-refractivity contribution in [3.63, 3.8) is 0 Å². The Balaban J connectivity index is 1.63. The largest absolute Gasteiger partial charge is 0.472 e. The number of hydrogen-bond donors (Lipinski definition) is 2. The molecule has 2 aromatic carbocycles. The number of likely N-dealkylation sites (N-methyl/N-ethyl adjacent to an activating group) is 1. The number of nitrogens with one attached hydrogen (secondary N) is 1. The first kappa shape index (κ1) is 27.9. The Morgan fingerprint density at radius 2 is 1.92 bits per heavy atom. The molecule has 1 aliphatic heterocycles. The van der Waals surface area contributed by atoms with Crippen LogP contribution in [-0.2, 0) is 0 Å². The molecule has 3 atom stereocenters. The molecule has 0 aliphatic carbocycles. The van der Waals surface area contributed by atoms with Gasteiger partial charge in [0.05, 0.1) is 24.9 Å². The van der Waals surface area contributed by atoms with E-state index in [4.69, 9.17) is 4.74 Å². The van der Waals surface area contributed by atoms with Gasteiger partial charge in [0.15, 0.2) is 0 Å². The predicted octanol–water partition coefficient (Wildman–Crippen LogP) is 4.55. The Morgan fingerprint density at radius 1 is 1.18 bits per heavy atom. The quantitative estimate of drug-likeness (QED) is 0.477. The summed E-state index contributed by atoms with van der Waals surface area (Å²) in [5, 5.41) is 12.2. The first-order chi connectivity index (χ1) is 18.6. The van der Waals surface area contributed by atoms with E-state index in [9.17, 15) is 27.9 Å². The number of anilines is 1. The number of halogens is 3. The van der Waals surface area contributed by atoms with Crippen molar-refractivity contribution in [2.75, 3.05) is 32.1 Å². The van der Waals surface area contributed by atoms with Crippen LogP contribution in [0.3, 0.4) is 0 Å². The number of benzene rings is 2. The normalized spacial score (nSPS) is 17.9. The number of aliphatic hydroxyl groups is 1. The van der Waals surface area contributed by atoms with Gasteiger partial charge in [0.2, 0.25) is 5.88 Å². The average molecular weight is 543 g/mol. The molecule has 1 aromatic heterocycles. The molecule has 0 radical (unpaired) electrons. The molecule has 206 valence electrons. The molecule has 3 aromatic rings. The van der Waals surface area contributed by atoms with Crippen molar-refractivity contribution in [1.29, 1.82) is 0 Å². The molecule has 1 aliphatic rings. The highest BCUT2D eigenvalue weighted by molar-refractivity contribution is 5.98. The SMILES string of the molecule is C[C@@H]1CN([C@H](C)CO)C(=O)c2cc(-c3cccc(F)c3)cnc2O[C@@H]1CN(C)C(=O)Nc1cc(F)ccc1F. The number of carbonyl (C=O) groups excluding carboxylic acids is 2. The number of pyridine rings is 1. The lowest BCUT2D eigenvalue weighted by molar-refractivity contribution is 0.0356. The van der Waals surface area contributed by atoms with Crippen LogP contribution < -0.4 is 10.1 Å². The number of rotatable bonds is 6. The maximum Gasteiger partial charge on any atom is 0.321 e. The zero-order valence-electron chi connectivity index (χ0n) is 21.7. The van der Waals surface area contributed by atoms with E-state index >= 15 is 0 Å². The second-order valence-electron chi connectivity index (χ2n) is 9.64. The highest BCUT2D eigenvalue weighted by Gasteiger charge is 2.35. The van der Waals surface area contributed by atoms with Gasteiger partial charge in [-0.15, -0.1) is 0 Å². The van der Waals surface area contributed by atoms with Gasteiger partial charge in [0.25, 0.3) is 5.91 Å². The average Bonchev–Trinajstić information content (AvgIpc) is 2.91. The van der Waals surface area contributed by atoms with E-state index in [1.54, 1.807) is 25.1 Å². The smallest absolute Gasteiger partial charge is 0.321 e. The fourth-order valence-corrected chi connectivity index (χ4v) is 4.30. The number of hydrogen-bond acceptors (Lipinski definition) is 5. The Bertz CT molecular complexity index is 1370. The Labute approximate surface area is 224 Å². The summed E-state index contributed by atoms with van der Waals surface area (Å²) in [5.74, 6) is -2.62. The number of aliphatic hydroxyl groups excluding tert-OH is 1. The number of amides is 3. The second-order valence-corrected chi connectivity index (χ2v) is 9.64. The van der Waals surface area contributed by atoms with E-state index in [0.29, 0.717) is 11.1 Å². The summed E-state index contributed by atoms with van der Waals surface area (Å²) in [6.45, 7) is 3.48. The summed E-state index contributed by atoms with van der Waals surface area (Å²) in [5.41, 5.74) is 0.847. The van der Waals surface area contributed by atoms with Crippen molar-refractivity contribution >= 4 is 17.6 Å². The lowest BCUT2D eigenvalue weighted by Gasteiger charge is -2.37. The molecule has 0 unspecified atom stereocenters. The highest BCUT2D eigenvalue weighted by atomic mass is 19.1. The summed E-state index contributed by atoms with van der Waals surface area (Å²) in [7, 11) is 1.47. The van der Waals surface area contributed by atoms with Gasteiger partial charge in [-0.2, -0.15) is 0 Å². The topological polar surface area (TPSA) is 95.0 Å². The maximum absolute atomic E-state index is 14.0. The molecular weight excluding hydrogens is 513 g/mol. The molecule has 2 N–H and O–H groups in total. The first-order valence-corrected chi connectivity index (χ1v) is 12.4. The van der Waals surface area contributed by atoms with Gasteiger partial charge in [-0.25, -0.2) is 22.9 Å². The third kappa shape index (κ3) is 6.31. The van der Waals surface area contributed by atoms with Crippen molar-refractivity contribution in [2.45, 2.75) is 26.0 Å². The van der Waals surface area contributed by atoms with E-state index in [1.807, 2.05) is 6.92 Å². The molecule has 39 heavy (non-hydrogen) atoms. The molecule has 0 saturated carbocycles. The third-order valence-corrected chi connectivity index (χ3v) is 6.65. The Kier molecular flexibility index (Phi) is 8.39. The van der Waals surface area contributed by atoms with E-state index in [0.717, 1.165) is 18.2 Å². The van der Waals surface area contributed by atoms with Gasteiger partial charge < -0.3 is 25.0 Å². The lowest BCUT2D eigenvalue weighted by Crippen LogP contribution is -2.50. The second kappa shape index (κ2) is 11.7. The Hall–Kier alpha value is -4.12. The molecular formula is C28H29F3N4O4. The van der Waals surface area contributed by atoms with Crippen LogP contribution in [0.2, 0.25) is 0 Å². The van der Waals surface area contributed by atoms with E-state index < -0.39 is 41.5 Å². The summed E-state index contributed by atoms with van der Waals surface area (Å²) in [6, 6.07) is 8.96. The van der Waals surface area contributed by atoms with Gasteiger partial charge in [-0.05, 0) is 42.8 Å². The van der Waals surface area contributed by atoms with Crippen LogP contribution in [0.1, 0.15) is 24.2 Å². The van der Waals surface area contributed by atoms with E-state index in [1.165, 1.54) is 35.2 Å². The van der Waals surface area contributed by atoms with Crippen LogP contribution in [0.5, 0.6) is 5.88 Å². The van der Waals surface area contributed by atoms with Gasteiger partial charge in [0, 0.05) is 37.3 Å². The molecule has 0 spiro atoms. The van der Waals surface area contributed by atoms with Crippen LogP contribution in [0, 0.1) is 23.4 Å². The van der Waals surface area contributed by atoms with Crippen LogP contribution in [0.4, 0.5) is 23.7 Å². The summed E-state index contributed by atoms with van der Waals surface area (Å²) >= 11 is 0. The number of urea groups is 1. The van der Waals surface area contributed by atoms with Crippen molar-refractivity contribution in [2.24, 2.45) is 5.92 Å². The van der Waals surface area contributed by atoms with E-state index in [-0.39, 0.29) is 42.7 Å². The predicted molar refractivity (Wildman–Crippen MR) is 139 cm³/mol. The first-order valence-electron chi connectivity index (χ1n) is 12.4. The fourth-order valence-electron chi connectivity index (χ4n) is 4.30. The maximum atomic E-state index is 14.0. The van der Waals surface area contributed by atoms with Gasteiger partial charge in [-0.3, -0.25) is 4.79 Å². The Morgan fingerprint density at radius 3 is 2.64 bits per heavy atom. The molecule has 0 bridgehead atoms. The highest BCUT2D eigenvalue weighted by Crippen LogP contribution is 2.30. The van der Waals surface area contributed by atoms with Crippen LogP contribution in [0.25, 0.3) is 11.1 Å². The van der Waals surface area contributed by atoms with Gasteiger partial charge >= 0.3 is 6.03 Å². The molecule has 3 amide bonds. The number of carbonyl (C=O) groups is 2. The molecule has 11 heteroatoms. The van der Waals surface area contributed by atoms with Gasteiger partial charge in [-0.1, -0.05) is 19.1 Å². The molecule has 2 heterocycles. The lowest BCUT2D eigenvalue weighted by atomic mass is 9.99. The number of aromatic nitrogens is 1. The zero-order chi connectivity index (χ0) is 28.3. The van der Waals surface area contributed by atoms with Crippen LogP contribution in [0.15, 0.2) is 54.7 Å². The number of ether oxygens (including phenoxy) is 1. The summed E-state index contributed by atoms with van der Waals surface area (Å²) < 4.78 is 47.6. The van der Waals surface area contributed by atoms with Crippen molar-refractivity contribution in [1.82, 2.24) is 14.8 Å². The van der Waals surface area contributed by atoms with Crippen molar-refractivity contribution in [3.05, 3.63) is 77.7 Å². The van der Waals surface area contributed by atoms with Gasteiger partial charge in [0.1, 0.15) is 29.1 Å². The number of fused-ring (bicyclic) bond motifs is 1. The minimum absolute atomic E-state index is 0.0201. The van der Waals surface area contributed by atoms with E-state index in [2.05, 4.69) is 10.3 Å². The molecule has 4 rings (SSSR count).